The van der Waals surface area contributed by atoms with Gasteiger partial charge in [0, 0.05) is 12.8 Å². The van der Waals surface area contributed by atoms with E-state index >= 15 is 0 Å². The van der Waals surface area contributed by atoms with E-state index < -0.39 is 6.04 Å². The Morgan fingerprint density at radius 1 is 1.45 bits per heavy atom. The van der Waals surface area contributed by atoms with E-state index in [0.717, 1.165) is 18.4 Å². The number of fused-ring (bicyclic) bond motifs is 1. The molecule has 0 radical (unpaired) electrons. The lowest BCUT2D eigenvalue weighted by Gasteiger charge is -2.14. The second-order valence-corrected chi connectivity index (χ2v) is 5.22. The summed E-state index contributed by atoms with van der Waals surface area (Å²) in [5.41, 5.74) is 1.59. The highest BCUT2D eigenvalue weighted by Crippen LogP contribution is 2.25. The molecule has 1 amide bonds. The zero-order valence-corrected chi connectivity index (χ0v) is 12.1. The average Bonchev–Trinajstić information content (AvgIpc) is 2.58. The molecule has 1 unspecified atom stereocenters. The van der Waals surface area contributed by atoms with Crippen LogP contribution in [0.15, 0.2) is 18.2 Å². The fourth-order valence-corrected chi connectivity index (χ4v) is 2.31. The summed E-state index contributed by atoms with van der Waals surface area (Å²) in [6, 6.07) is 5.10. The predicted molar refractivity (Wildman–Crippen MR) is 77.1 cm³/mol. The van der Waals surface area contributed by atoms with E-state index in [9.17, 15) is 9.59 Å². The standard InChI is InChI=1S/C16H21NO3/c1-3-4-5-15(18)17-13-8-9-20-14-7-6-11(2)10-12(14)16(13)19/h6-7,10,13H,3-5,8-9H2,1-2H3,(H,17,18). The van der Waals surface area contributed by atoms with Crippen molar-refractivity contribution in [2.45, 2.75) is 45.6 Å². The monoisotopic (exact) mass is 275 g/mol. The SMILES string of the molecule is CCCCC(=O)NC1CCOc2ccc(C)cc2C1=O. The molecule has 4 nitrogen and oxygen atoms in total. The molecule has 0 saturated carbocycles. The topological polar surface area (TPSA) is 55.4 Å². The van der Waals surface area contributed by atoms with Gasteiger partial charge in [-0.05, 0) is 25.5 Å². The molecule has 0 aliphatic carbocycles. The fourth-order valence-electron chi connectivity index (χ4n) is 2.31. The molecule has 0 saturated heterocycles. The van der Waals surface area contributed by atoms with Gasteiger partial charge in [-0.1, -0.05) is 25.0 Å². The Bertz CT molecular complexity index is 510. The molecule has 0 bridgehead atoms. The average molecular weight is 275 g/mol. The van der Waals surface area contributed by atoms with Crippen LogP contribution in [0.3, 0.4) is 0 Å². The van der Waals surface area contributed by atoms with Crippen molar-refractivity contribution in [2.75, 3.05) is 6.61 Å². The minimum atomic E-state index is -0.470. The minimum Gasteiger partial charge on any atom is -0.493 e. The van der Waals surface area contributed by atoms with Crippen molar-refractivity contribution < 1.29 is 14.3 Å². The maximum atomic E-state index is 12.5. The number of Topliss-reactive ketones (excluding diaryl/α,β-unsaturated/α-hetero) is 1. The molecular weight excluding hydrogens is 254 g/mol. The first-order valence-corrected chi connectivity index (χ1v) is 7.19. The van der Waals surface area contributed by atoms with E-state index in [0.29, 0.717) is 30.8 Å². The summed E-state index contributed by atoms with van der Waals surface area (Å²) in [6.45, 7) is 4.42. The van der Waals surface area contributed by atoms with Gasteiger partial charge < -0.3 is 10.1 Å². The molecule has 1 heterocycles. The van der Waals surface area contributed by atoms with Gasteiger partial charge in [0.05, 0.1) is 18.2 Å². The van der Waals surface area contributed by atoms with Crippen molar-refractivity contribution in [2.24, 2.45) is 0 Å². The number of rotatable bonds is 4. The number of hydrogen-bond acceptors (Lipinski definition) is 3. The van der Waals surface area contributed by atoms with Gasteiger partial charge in [-0.3, -0.25) is 9.59 Å². The molecule has 1 aliphatic heterocycles. The summed E-state index contributed by atoms with van der Waals surface area (Å²) in [6.07, 6.45) is 2.81. The molecule has 20 heavy (non-hydrogen) atoms. The Hall–Kier alpha value is -1.84. The Kier molecular flexibility index (Phi) is 4.77. The normalized spacial score (nSPS) is 17.9. The van der Waals surface area contributed by atoms with Crippen molar-refractivity contribution >= 4 is 11.7 Å². The zero-order valence-electron chi connectivity index (χ0n) is 12.1. The van der Waals surface area contributed by atoms with Crippen LogP contribution in [0.4, 0.5) is 0 Å². The number of amides is 1. The van der Waals surface area contributed by atoms with Crippen molar-refractivity contribution in [3.63, 3.8) is 0 Å². The molecule has 1 N–H and O–H groups in total. The first-order chi connectivity index (χ1) is 9.61. The zero-order chi connectivity index (χ0) is 14.5. The summed E-state index contributed by atoms with van der Waals surface area (Å²) >= 11 is 0. The summed E-state index contributed by atoms with van der Waals surface area (Å²) in [5.74, 6) is 0.512. The molecule has 1 atom stereocenters. The first kappa shape index (κ1) is 14.6. The van der Waals surface area contributed by atoms with Gasteiger partial charge in [0.15, 0.2) is 5.78 Å². The van der Waals surface area contributed by atoms with Crippen LogP contribution in [0, 0.1) is 6.92 Å². The number of unbranched alkanes of at least 4 members (excludes halogenated alkanes) is 1. The van der Waals surface area contributed by atoms with Crippen LogP contribution in [0.25, 0.3) is 0 Å². The summed E-state index contributed by atoms with van der Waals surface area (Å²) in [4.78, 5) is 24.3. The quantitative estimate of drug-likeness (QED) is 0.919. The van der Waals surface area contributed by atoms with Crippen molar-refractivity contribution in [3.05, 3.63) is 29.3 Å². The number of ether oxygens (including phenoxy) is 1. The molecule has 2 rings (SSSR count). The number of carbonyl (C=O) groups excluding carboxylic acids is 2. The lowest BCUT2D eigenvalue weighted by atomic mass is 10.00. The fraction of sp³-hybridized carbons (Fsp3) is 0.500. The summed E-state index contributed by atoms with van der Waals surface area (Å²) in [7, 11) is 0. The summed E-state index contributed by atoms with van der Waals surface area (Å²) in [5, 5.41) is 2.84. The van der Waals surface area contributed by atoms with Gasteiger partial charge in [0.25, 0.3) is 0 Å². The smallest absolute Gasteiger partial charge is 0.220 e. The van der Waals surface area contributed by atoms with Crippen LogP contribution in [-0.2, 0) is 4.79 Å². The van der Waals surface area contributed by atoms with Crippen molar-refractivity contribution in [1.29, 1.82) is 0 Å². The van der Waals surface area contributed by atoms with Crippen LogP contribution < -0.4 is 10.1 Å². The molecule has 108 valence electrons. The minimum absolute atomic E-state index is 0.0500. The van der Waals surface area contributed by atoms with Gasteiger partial charge >= 0.3 is 0 Å². The third-order valence-electron chi connectivity index (χ3n) is 3.47. The van der Waals surface area contributed by atoms with Crippen LogP contribution in [0.5, 0.6) is 5.75 Å². The Morgan fingerprint density at radius 2 is 2.25 bits per heavy atom. The second-order valence-electron chi connectivity index (χ2n) is 5.22. The lowest BCUT2D eigenvalue weighted by Crippen LogP contribution is -2.40. The Balaban J connectivity index is 2.12. The van der Waals surface area contributed by atoms with Gasteiger partial charge in [0.2, 0.25) is 5.91 Å². The summed E-state index contributed by atoms with van der Waals surface area (Å²) < 4.78 is 5.59. The molecule has 0 aromatic heterocycles. The third kappa shape index (κ3) is 3.38. The van der Waals surface area contributed by atoms with E-state index in [1.54, 1.807) is 0 Å². The number of carbonyl (C=O) groups is 2. The predicted octanol–water partition coefficient (Wildman–Crippen LogP) is 2.64. The second kappa shape index (κ2) is 6.55. The Labute approximate surface area is 119 Å². The maximum Gasteiger partial charge on any atom is 0.220 e. The van der Waals surface area contributed by atoms with Crippen LogP contribution in [-0.4, -0.2) is 24.3 Å². The Morgan fingerprint density at radius 3 is 3.00 bits per heavy atom. The van der Waals surface area contributed by atoms with Crippen LogP contribution >= 0.6 is 0 Å². The third-order valence-corrected chi connectivity index (χ3v) is 3.47. The van der Waals surface area contributed by atoms with E-state index in [4.69, 9.17) is 4.74 Å². The van der Waals surface area contributed by atoms with E-state index in [1.165, 1.54) is 0 Å². The lowest BCUT2D eigenvalue weighted by molar-refractivity contribution is -0.121. The molecule has 1 aliphatic rings. The molecule has 1 aromatic rings. The van der Waals surface area contributed by atoms with Crippen LogP contribution in [0.1, 0.15) is 48.5 Å². The highest BCUT2D eigenvalue weighted by atomic mass is 16.5. The van der Waals surface area contributed by atoms with E-state index in [2.05, 4.69) is 5.32 Å². The first-order valence-electron chi connectivity index (χ1n) is 7.19. The molecule has 4 heteroatoms. The van der Waals surface area contributed by atoms with Gasteiger partial charge in [0.1, 0.15) is 5.75 Å². The number of nitrogens with one attached hydrogen (secondary N) is 1. The van der Waals surface area contributed by atoms with Crippen LogP contribution in [0.2, 0.25) is 0 Å². The van der Waals surface area contributed by atoms with Gasteiger partial charge in [-0.15, -0.1) is 0 Å². The van der Waals surface area contributed by atoms with Crippen molar-refractivity contribution in [3.8, 4) is 5.75 Å². The van der Waals surface area contributed by atoms with Gasteiger partial charge in [-0.25, -0.2) is 0 Å². The molecule has 1 aromatic carbocycles. The molecule has 0 fully saturated rings. The maximum absolute atomic E-state index is 12.5. The van der Waals surface area contributed by atoms with E-state index in [1.807, 2.05) is 32.0 Å². The number of ketones is 1. The number of benzene rings is 1. The highest BCUT2D eigenvalue weighted by molar-refractivity contribution is 6.04. The van der Waals surface area contributed by atoms with Gasteiger partial charge in [-0.2, -0.15) is 0 Å². The van der Waals surface area contributed by atoms with E-state index in [-0.39, 0.29) is 11.7 Å². The highest BCUT2D eigenvalue weighted by Gasteiger charge is 2.27. The number of hydrogen-bond donors (Lipinski definition) is 1. The molecule has 0 spiro atoms. The largest absolute Gasteiger partial charge is 0.493 e. The molecular formula is C16H21NO3. The number of aryl methyl sites for hydroxylation is 1. The van der Waals surface area contributed by atoms with Crippen molar-refractivity contribution in [1.82, 2.24) is 5.32 Å².